The minimum Gasteiger partial charge on any atom is -0.496 e. The Morgan fingerprint density at radius 3 is 2.68 bits per heavy atom. The van der Waals surface area contributed by atoms with Gasteiger partial charge in [0, 0.05) is 4.88 Å². The van der Waals surface area contributed by atoms with Crippen LogP contribution < -0.4 is 10.1 Å². The molecule has 1 amide bonds. The van der Waals surface area contributed by atoms with E-state index in [1.54, 1.807) is 19.2 Å². The summed E-state index contributed by atoms with van der Waals surface area (Å²) in [5.74, 6) is -0.305. The molecule has 2 N–H and O–H groups in total. The molecule has 0 saturated carbocycles. The molecule has 1 aromatic heterocycles. The van der Waals surface area contributed by atoms with Crippen molar-refractivity contribution in [2.45, 2.75) is 19.9 Å². The molecule has 1 heterocycles. The lowest BCUT2D eigenvalue weighted by atomic mass is 10.1. The average molecular weight is 319 g/mol. The molecule has 0 fully saturated rings. The fourth-order valence-corrected chi connectivity index (χ4v) is 2.78. The van der Waals surface area contributed by atoms with Gasteiger partial charge in [0.2, 0.25) is 5.91 Å². The molecule has 0 saturated heterocycles. The molecular formula is C16H17NO4S. The van der Waals surface area contributed by atoms with Gasteiger partial charge >= 0.3 is 5.97 Å². The molecule has 0 spiro atoms. The molecule has 0 unspecified atom stereocenters. The molecule has 2 aromatic rings. The Kier molecular flexibility index (Phi) is 5.16. The first-order valence-corrected chi connectivity index (χ1v) is 7.53. The fraction of sp³-hybridized carbons (Fsp3) is 0.250. The third-order valence-corrected chi connectivity index (χ3v) is 4.24. The Balaban J connectivity index is 1.91. The second-order valence-corrected chi connectivity index (χ2v) is 6.00. The first kappa shape index (κ1) is 16.0. The molecule has 5 nitrogen and oxygen atoms in total. The highest BCUT2D eigenvalue weighted by atomic mass is 32.1. The van der Waals surface area contributed by atoms with E-state index in [0.29, 0.717) is 6.54 Å². The highest BCUT2D eigenvalue weighted by Crippen LogP contribution is 2.19. The summed E-state index contributed by atoms with van der Waals surface area (Å²) >= 11 is 1.16. The lowest BCUT2D eigenvalue weighted by molar-refractivity contribution is -0.120. The number of aryl methyl sites for hydroxylation is 1. The SMILES string of the molecule is COc1cc(CC(=O)NCc2ccc(C(=O)O)s2)ccc1C. The fourth-order valence-electron chi connectivity index (χ4n) is 2.00. The van der Waals surface area contributed by atoms with Crippen molar-refractivity contribution in [3.05, 3.63) is 51.2 Å². The van der Waals surface area contributed by atoms with Crippen molar-refractivity contribution < 1.29 is 19.4 Å². The summed E-state index contributed by atoms with van der Waals surface area (Å²) in [6.07, 6.45) is 0.258. The summed E-state index contributed by atoms with van der Waals surface area (Å²) in [4.78, 5) is 23.8. The van der Waals surface area contributed by atoms with Gasteiger partial charge < -0.3 is 15.2 Å². The van der Waals surface area contributed by atoms with Gasteiger partial charge in [-0.1, -0.05) is 12.1 Å². The van der Waals surface area contributed by atoms with Crippen molar-refractivity contribution >= 4 is 23.2 Å². The van der Waals surface area contributed by atoms with E-state index in [-0.39, 0.29) is 17.2 Å². The smallest absolute Gasteiger partial charge is 0.345 e. The normalized spacial score (nSPS) is 10.3. The van der Waals surface area contributed by atoms with E-state index in [2.05, 4.69) is 5.32 Å². The average Bonchev–Trinajstić information content (AvgIpc) is 2.96. The van der Waals surface area contributed by atoms with Crippen LogP contribution in [-0.4, -0.2) is 24.1 Å². The highest BCUT2D eigenvalue weighted by molar-refractivity contribution is 7.13. The Labute approximate surface area is 132 Å². The monoisotopic (exact) mass is 319 g/mol. The molecule has 116 valence electrons. The largest absolute Gasteiger partial charge is 0.496 e. The first-order valence-electron chi connectivity index (χ1n) is 6.72. The number of ether oxygens (including phenoxy) is 1. The standard InChI is InChI=1S/C16H17NO4S/c1-10-3-4-11(7-13(10)21-2)8-15(18)17-9-12-5-6-14(22-12)16(19)20/h3-7H,8-9H2,1-2H3,(H,17,18)(H,19,20). The summed E-state index contributed by atoms with van der Waals surface area (Å²) in [6, 6.07) is 8.91. The molecule has 0 aliphatic heterocycles. The van der Waals surface area contributed by atoms with Crippen LogP contribution in [0.25, 0.3) is 0 Å². The number of benzene rings is 1. The van der Waals surface area contributed by atoms with E-state index in [0.717, 1.165) is 33.1 Å². The topological polar surface area (TPSA) is 75.6 Å². The number of rotatable bonds is 6. The zero-order chi connectivity index (χ0) is 16.1. The molecular weight excluding hydrogens is 302 g/mol. The predicted molar refractivity (Wildman–Crippen MR) is 84.6 cm³/mol. The van der Waals surface area contributed by atoms with E-state index >= 15 is 0 Å². The Hall–Kier alpha value is -2.34. The predicted octanol–water partition coefficient (Wildman–Crippen LogP) is 2.62. The Bertz CT molecular complexity index is 693. The van der Waals surface area contributed by atoms with Gasteiger partial charge in [-0.05, 0) is 36.2 Å². The second-order valence-electron chi connectivity index (χ2n) is 4.83. The van der Waals surface area contributed by atoms with Gasteiger partial charge in [0.15, 0.2) is 0 Å². The van der Waals surface area contributed by atoms with Gasteiger partial charge in [-0.2, -0.15) is 0 Å². The molecule has 6 heteroatoms. The number of hydrogen-bond acceptors (Lipinski definition) is 4. The number of thiophene rings is 1. The lowest BCUT2D eigenvalue weighted by Gasteiger charge is -2.08. The number of aromatic carboxylic acids is 1. The van der Waals surface area contributed by atoms with E-state index < -0.39 is 5.97 Å². The number of carboxylic acid groups (broad SMARTS) is 1. The van der Waals surface area contributed by atoms with E-state index in [1.807, 2.05) is 25.1 Å². The van der Waals surface area contributed by atoms with E-state index in [4.69, 9.17) is 9.84 Å². The van der Waals surface area contributed by atoms with Gasteiger partial charge in [-0.15, -0.1) is 11.3 Å². The molecule has 22 heavy (non-hydrogen) atoms. The van der Waals surface area contributed by atoms with Crippen molar-refractivity contribution in [3.8, 4) is 5.75 Å². The summed E-state index contributed by atoms with van der Waals surface area (Å²) in [6.45, 7) is 2.28. The number of hydrogen-bond donors (Lipinski definition) is 2. The van der Waals surface area contributed by atoms with Crippen LogP contribution in [0.4, 0.5) is 0 Å². The summed E-state index contributed by atoms with van der Waals surface area (Å²) < 4.78 is 5.24. The minimum absolute atomic E-state index is 0.115. The number of methoxy groups -OCH3 is 1. The summed E-state index contributed by atoms with van der Waals surface area (Å²) in [5, 5.41) is 11.6. The van der Waals surface area contributed by atoms with Crippen LogP contribution in [0, 0.1) is 6.92 Å². The molecule has 0 aliphatic rings. The summed E-state index contributed by atoms with van der Waals surface area (Å²) in [5.41, 5.74) is 1.89. The van der Waals surface area contributed by atoms with Gasteiger partial charge in [0.05, 0.1) is 20.1 Å². The van der Waals surface area contributed by atoms with Crippen LogP contribution in [0.1, 0.15) is 25.7 Å². The van der Waals surface area contributed by atoms with Crippen LogP contribution in [0.5, 0.6) is 5.75 Å². The molecule has 0 radical (unpaired) electrons. The zero-order valence-electron chi connectivity index (χ0n) is 12.4. The second kappa shape index (κ2) is 7.09. The molecule has 2 rings (SSSR count). The molecule has 0 atom stereocenters. The van der Waals surface area contributed by atoms with Gasteiger partial charge in [-0.3, -0.25) is 4.79 Å². The molecule has 1 aromatic carbocycles. The maximum atomic E-state index is 11.9. The van der Waals surface area contributed by atoms with Crippen molar-refractivity contribution in [1.29, 1.82) is 0 Å². The number of carbonyl (C=O) groups is 2. The number of nitrogens with one attached hydrogen (secondary N) is 1. The van der Waals surface area contributed by atoms with Gasteiger partial charge in [0.25, 0.3) is 0 Å². The Morgan fingerprint density at radius 2 is 2.05 bits per heavy atom. The maximum Gasteiger partial charge on any atom is 0.345 e. The number of carboxylic acids is 1. The third kappa shape index (κ3) is 4.08. The van der Waals surface area contributed by atoms with Crippen LogP contribution in [0.3, 0.4) is 0 Å². The first-order chi connectivity index (χ1) is 10.5. The quantitative estimate of drug-likeness (QED) is 0.858. The molecule has 0 aliphatic carbocycles. The zero-order valence-corrected chi connectivity index (χ0v) is 13.2. The lowest BCUT2D eigenvalue weighted by Crippen LogP contribution is -2.24. The minimum atomic E-state index is -0.950. The van der Waals surface area contributed by atoms with E-state index in [1.165, 1.54) is 0 Å². The van der Waals surface area contributed by atoms with E-state index in [9.17, 15) is 9.59 Å². The maximum absolute atomic E-state index is 11.9. The van der Waals surface area contributed by atoms with Crippen molar-refractivity contribution in [1.82, 2.24) is 5.32 Å². The van der Waals surface area contributed by atoms with Crippen molar-refractivity contribution in [2.24, 2.45) is 0 Å². The van der Waals surface area contributed by atoms with Crippen LogP contribution >= 0.6 is 11.3 Å². The number of amides is 1. The van der Waals surface area contributed by atoms with Gasteiger partial charge in [0.1, 0.15) is 10.6 Å². The van der Waals surface area contributed by atoms with Crippen LogP contribution in [0.15, 0.2) is 30.3 Å². The highest BCUT2D eigenvalue weighted by Gasteiger charge is 2.09. The molecule has 0 bridgehead atoms. The van der Waals surface area contributed by atoms with Gasteiger partial charge in [-0.25, -0.2) is 4.79 Å². The van der Waals surface area contributed by atoms with Crippen molar-refractivity contribution in [3.63, 3.8) is 0 Å². The van der Waals surface area contributed by atoms with Crippen LogP contribution in [-0.2, 0) is 17.8 Å². The Morgan fingerprint density at radius 1 is 1.27 bits per heavy atom. The number of carbonyl (C=O) groups excluding carboxylic acids is 1. The van der Waals surface area contributed by atoms with Crippen molar-refractivity contribution in [2.75, 3.05) is 7.11 Å². The van der Waals surface area contributed by atoms with Crippen LogP contribution in [0.2, 0.25) is 0 Å². The third-order valence-electron chi connectivity index (χ3n) is 3.17. The summed E-state index contributed by atoms with van der Waals surface area (Å²) in [7, 11) is 1.60.